The van der Waals surface area contributed by atoms with Crippen molar-refractivity contribution in [1.29, 1.82) is 5.26 Å². The number of aryl methyl sites for hydroxylation is 2. The minimum Gasteiger partial charge on any atom is -0.321 e. The van der Waals surface area contributed by atoms with Crippen molar-refractivity contribution in [3.63, 3.8) is 0 Å². The number of benzene rings is 4. The Bertz CT molecular complexity index is 2380. The number of rotatable bonds is 6. The predicted octanol–water partition coefficient (Wildman–Crippen LogP) is 6.53. The SMILES string of the molecule is Cc1ccc(-c2nn(-c3ccccc3)cc2/C=c2\s/c(=C(\C#N)C(=O)Nc3cccc(C)c3)n(-c3ccccc3C(F)(F)F)c2=O)cc1. The second kappa shape index (κ2) is 13.0. The van der Waals surface area contributed by atoms with Crippen molar-refractivity contribution in [2.24, 2.45) is 0 Å². The van der Waals surface area contributed by atoms with Crippen LogP contribution in [0.15, 0.2) is 114 Å². The number of hydrogen-bond donors (Lipinski definition) is 1. The molecule has 0 bridgehead atoms. The fourth-order valence-corrected chi connectivity index (χ4v) is 6.26. The van der Waals surface area contributed by atoms with Gasteiger partial charge in [0.1, 0.15) is 10.7 Å². The molecule has 1 amide bonds. The summed E-state index contributed by atoms with van der Waals surface area (Å²) in [5.74, 6) is -0.869. The second-order valence-electron chi connectivity index (χ2n) is 11.0. The van der Waals surface area contributed by atoms with Crippen molar-refractivity contribution in [1.82, 2.24) is 14.3 Å². The van der Waals surface area contributed by atoms with E-state index < -0.39 is 34.5 Å². The molecule has 0 aliphatic rings. The number of nitrogens with one attached hydrogen (secondary N) is 1. The highest BCUT2D eigenvalue weighted by Gasteiger charge is 2.34. The lowest BCUT2D eigenvalue weighted by molar-refractivity contribution is -0.137. The smallest absolute Gasteiger partial charge is 0.321 e. The molecular weight excluding hydrogens is 636 g/mol. The molecule has 0 radical (unpaired) electrons. The van der Waals surface area contributed by atoms with Crippen LogP contribution in [0.4, 0.5) is 18.9 Å². The van der Waals surface area contributed by atoms with Crippen LogP contribution in [0.2, 0.25) is 0 Å². The Labute approximate surface area is 276 Å². The van der Waals surface area contributed by atoms with Gasteiger partial charge < -0.3 is 5.32 Å². The zero-order valence-electron chi connectivity index (χ0n) is 25.6. The lowest BCUT2D eigenvalue weighted by atomic mass is 10.1. The van der Waals surface area contributed by atoms with Gasteiger partial charge in [-0.3, -0.25) is 14.2 Å². The van der Waals surface area contributed by atoms with E-state index in [1.165, 1.54) is 18.2 Å². The summed E-state index contributed by atoms with van der Waals surface area (Å²) in [6, 6.07) is 30.2. The molecule has 48 heavy (non-hydrogen) atoms. The third kappa shape index (κ3) is 6.47. The molecular formula is C37H26F3N5O2S. The first-order valence-corrected chi connectivity index (χ1v) is 15.5. The highest BCUT2D eigenvalue weighted by Crippen LogP contribution is 2.33. The van der Waals surface area contributed by atoms with E-state index in [0.717, 1.165) is 50.4 Å². The van der Waals surface area contributed by atoms with Gasteiger partial charge in [-0.1, -0.05) is 72.3 Å². The van der Waals surface area contributed by atoms with E-state index in [1.807, 2.05) is 80.6 Å². The van der Waals surface area contributed by atoms with Crippen molar-refractivity contribution < 1.29 is 18.0 Å². The maximum absolute atomic E-state index is 14.3. The first-order chi connectivity index (χ1) is 23.0. The average Bonchev–Trinajstić information content (AvgIpc) is 3.62. The summed E-state index contributed by atoms with van der Waals surface area (Å²) in [5.41, 5.74) is 1.85. The molecule has 0 unspecified atom stereocenters. The monoisotopic (exact) mass is 661 g/mol. The molecule has 0 aliphatic carbocycles. The molecule has 0 fully saturated rings. The quantitative estimate of drug-likeness (QED) is 0.220. The van der Waals surface area contributed by atoms with Crippen LogP contribution >= 0.6 is 11.3 Å². The summed E-state index contributed by atoms with van der Waals surface area (Å²) in [4.78, 5) is 27.7. The van der Waals surface area contributed by atoms with Crippen molar-refractivity contribution in [3.8, 4) is 28.7 Å². The maximum atomic E-state index is 14.3. The lowest BCUT2D eigenvalue weighted by Crippen LogP contribution is -2.33. The number of nitrogens with zero attached hydrogens (tertiary/aromatic N) is 4. The van der Waals surface area contributed by atoms with Gasteiger partial charge in [-0.05, 0) is 61.9 Å². The average molecular weight is 662 g/mol. The summed E-state index contributed by atoms with van der Waals surface area (Å²) >= 11 is 0.751. The van der Waals surface area contributed by atoms with E-state index in [9.17, 15) is 28.0 Å². The molecule has 0 atom stereocenters. The van der Waals surface area contributed by atoms with Crippen LogP contribution in [0.5, 0.6) is 0 Å². The highest BCUT2D eigenvalue weighted by atomic mass is 32.1. The molecule has 7 nitrogen and oxygen atoms in total. The van der Waals surface area contributed by atoms with Gasteiger partial charge >= 0.3 is 6.18 Å². The molecule has 2 heterocycles. The van der Waals surface area contributed by atoms with Crippen LogP contribution in [0.25, 0.3) is 34.3 Å². The van der Waals surface area contributed by atoms with Crippen LogP contribution in [0, 0.1) is 25.2 Å². The number of thiazole rings is 1. The summed E-state index contributed by atoms with van der Waals surface area (Å²) in [6.07, 6.45) is -1.58. The van der Waals surface area contributed by atoms with Crippen molar-refractivity contribution in [3.05, 3.63) is 151 Å². The molecule has 0 saturated heterocycles. The summed E-state index contributed by atoms with van der Waals surface area (Å²) in [5, 5.41) is 17.6. The van der Waals surface area contributed by atoms with E-state index >= 15 is 0 Å². The number of hydrogen-bond acceptors (Lipinski definition) is 5. The number of halogens is 3. The van der Waals surface area contributed by atoms with Crippen molar-refractivity contribution >= 4 is 34.6 Å². The molecule has 6 rings (SSSR count). The third-order valence-electron chi connectivity index (χ3n) is 7.48. The summed E-state index contributed by atoms with van der Waals surface area (Å²) < 4.78 is 45.0. The number of aromatic nitrogens is 3. The van der Waals surface area contributed by atoms with Gasteiger partial charge in [0.05, 0.1) is 27.2 Å². The normalized spacial score (nSPS) is 12.5. The molecule has 238 valence electrons. The van der Waals surface area contributed by atoms with Gasteiger partial charge in [0.2, 0.25) is 0 Å². The van der Waals surface area contributed by atoms with E-state index in [2.05, 4.69) is 5.32 Å². The maximum Gasteiger partial charge on any atom is 0.418 e. The number of carbonyl (C=O) groups is 1. The van der Waals surface area contributed by atoms with E-state index in [1.54, 1.807) is 29.1 Å². The van der Waals surface area contributed by atoms with Crippen LogP contribution in [-0.2, 0) is 11.0 Å². The zero-order valence-corrected chi connectivity index (χ0v) is 26.4. The second-order valence-corrected chi connectivity index (χ2v) is 12.0. The molecule has 6 aromatic rings. The van der Waals surface area contributed by atoms with E-state index in [0.29, 0.717) is 16.9 Å². The van der Waals surface area contributed by atoms with E-state index in [-0.39, 0.29) is 9.20 Å². The molecule has 11 heteroatoms. The van der Waals surface area contributed by atoms with Crippen LogP contribution in [0.1, 0.15) is 22.3 Å². The first kappa shape index (κ1) is 32.0. The van der Waals surface area contributed by atoms with Crippen molar-refractivity contribution in [2.45, 2.75) is 20.0 Å². The van der Waals surface area contributed by atoms with Gasteiger partial charge in [0.15, 0.2) is 5.57 Å². The molecule has 1 N–H and O–H groups in total. The first-order valence-electron chi connectivity index (χ1n) is 14.7. The number of amides is 1. The standard InChI is InChI=1S/C37H26F3N5O2S/c1-23-15-17-25(18-16-23)33-26(22-44(43-33)28-11-4-3-5-12-28)20-32-35(47)45(31-14-7-6-13-30(31)37(38,39)40)36(48-32)29(21-41)34(46)42-27-10-8-9-24(2)19-27/h3-20,22H,1-2H3,(H,42,46)/b32-20-,36-29+. The van der Waals surface area contributed by atoms with Gasteiger partial charge in [0.25, 0.3) is 11.5 Å². The number of nitriles is 1. The summed E-state index contributed by atoms with van der Waals surface area (Å²) in [6.45, 7) is 3.77. The largest absolute Gasteiger partial charge is 0.418 e. The van der Waals surface area contributed by atoms with Gasteiger partial charge in [-0.2, -0.15) is 23.5 Å². The number of anilines is 1. The van der Waals surface area contributed by atoms with Gasteiger partial charge in [0, 0.05) is 23.0 Å². The van der Waals surface area contributed by atoms with E-state index in [4.69, 9.17) is 5.10 Å². The Morgan fingerprint density at radius 2 is 1.62 bits per heavy atom. The summed E-state index contributed by atoms with van der Waals surface area (Å²) in [7, 11) is 0. The number of para-hydroxylation sites is 2. The minimum atomic E-state index is -4.83. The van der Waals surface area contributed by atoms with Gasteiger partial charge in [-0.25, -0.2) is 4.68 Å². The Hall–Kier alpha value is -5.99. The molecule has 0 spiro atoms. The highest BCUT2D eigenvalue weighted by molar-refractivity contribution is 7.07. The topological polar surface area (TPSA) is 92.7 Å². The number of alkyl halides is 3. The third-order valence-corrected chi connectivity index (χ3v) is 8.57. The fraction of sp³-hybridized carbons (Fsp3) is 0.0811. The van der Waals surface area contributed by atoms with Crippen LogP contribution < -0.4 is 20.1 Å². The Balaban J connectivity index is 1.64. The Morgan fingerprint density at radius 3 is 2.31 bits per heavy atom. The number of carbonyl (C=O) groups excluding carboxylic acids is 1. The van der Waals surface area contributed by atoms with Crippen LogP contribution in [-0.4, -0.2) is 20.3 Å². The molecule has 0 aliphatic heterocycles. The van der Waals surface area contributed by atoms with Gasteiger partial charge in [-0.15, -0.1) is 11.3 Å². The van der Waals surface area contributed by atoms with Crippen LogP contribution in [0.3, 0.4) is 0 Å². The zero-order chi connectivity index (χ0) is 34.0. The fourth-order valence-electron chi connectivity index (χ4n) is 5.17. The molecule has 0 saturated carbocycles. The Morgan fingerprint density at radius 1 is 0.917 bits per heavy atom. The minimum absolute atomic E-state index is 0.000874. The molecule has 4 aromatic carbocycles. The lowest BCUT2D eigenvalue weighted by Gasteiger charge is -2.13. The van der Waals surface area contributed by atoms with Crippen molar-refractivity contribution in [2.75, 3.05) is 5.32 Å². The Kier molecular flexibility index (Phi) is 8.67. The molecule has 2 aromatic heterocycles. The predicted molar refractivity (Wildman–Crippen MR) is 180 cm³/mol.